The van der Waals surface area contributed by atoms with Crippen LogP contribution < -0.4 is 0 Å². The molecular formula is C35H48Si. The summed E-state index contributed by atoms with van der Waals surface area (Å²) in [6, 6.07) is 12.6. The molecule has 0 aromatic heterocycles. The van der Waals surface area contributed by atoms with Gasteiger partial charge in [0.25, 0.3) is 0 Å². The first-order chi connectivity index (χ1) is 16.7. The number of fused-ring (bicyclic) bond motifs is 3. The van der Waals surface area contributed by atoms with Gasteiger partial charge in [-0.05, 0) is 75.5 Å². The lowest BCUT2D eigenvalue weighted by atomic mass is 9.62. The Bertz CT molecular complexity index is 1240. The minimum atomic E-state index is -1.32. The summed E-state index contributed by atoms with van der Waals surface area (Å²) in [5.41, 5.74) is 13.0. The van der Waals surface area contributed by atoms with E-state index >= 15 is 0 Å². The summed E-state index contributed by atoms with van der Waals surface area (Å²) in [5, 5.41) is 1.67. The van der Waals surface area contributed by atoms with Gasteiger partial charge in [0, 0.05) is 5.41 Å². The summed E-state index contributed by atoms with van der Waals surface area (Å²) >= 11 is 0. The highest BCUT2D eigenvalue weighted by Crippen LogP contribution is 2.54. The van der Waals surface area contributed by atoms with Crippen molar-refractivity contribution in [3.8, 4) is 11.1 Å². The SMILES string of the molecule is CC(C)(C)c1ccc2c(c1)-c1cc(C(C)(C)C)cc(C3(C4=CC([Si](C)(C)C)=CC4)CCCCC3)c1C2. The van der Waals surface area contributed by atoms with Gasteiger partial charge in [0.2, 0.25) is 0 Å². The average molecular weight is 497 g/mol. The number of hydrogen-bond donors (Lipinski definition) is 0. The first-order valence-corrected chi connectivity index (χ1v) is 17.9. The lowest BCUT2D eigenvalue weighted by molar-refractivity contribution is 0.334. The van der Waals surface area contributed by atoms with E-state index in [0.717, 1.165) is 12.8 Å². The van der Waals surface area contributed by atoms with Crippen LogP contribution in [0.4, 0.5) is 0 Å². The molecule has 36 heavy (non-hydrogen) atoms. The highest BCUT2D eigenvalue weighted by Gasteiger charge is 2.42. The van der Waals surface area contributed by atoms with Gasteiger partial charge in [0.15, 0.2) is 0 Å². The zero-order valence-electron chi connectivity index (χ0n) is 24.5. The largest absolute Gasteiger partial charge is 0.0812 e. The van der Waals surface area contributed by atoms with Crippen LogP contribution in [-0.4, -0.2) is 8.07 Å². The van der Waals surface area contributed by atoms with Crippen molar-refractivity contribution in [3.05, 3.63) is 81.1 Å². The van der Waals surface area contributed by atoms with Crippen LogP contribution in [0.15, 0.2) is 53.3 Å². The molecule has 0 bridgehead atoms. The number of allylic oxidation sites excluding steroid dienone is 4. The predicted molar refractivity (Wildman–Crippen MR) is 161 cm³/mol. The van der Waals surface area contributed by atoms with E-state index in [-0.39, 0.29) is 16.2 Å². The van der Waals surface area contributed by atoms with Crippen molar-refractivity contribution >= 4 is 8.07 Å². The van der Waals surface area contributed by atoms with Crippen LogP contribution in [0.3, 0.4) is 0 Å². The highest BCUT2D eigenvalue weighted by molar-refractivity contribution is 6.83. The Morgan fingerprint density at radius 2 is 1.39 bits per heavy atom. The van der Waals surface area contributed by atoms with E-state index in [4.69, 9.17) is 0 Å². The quantitative estimate of drug-likeness (QED) is 0.316. The fourth-order valence-corrected chi connectivity index (χ4v) is 8.22. The maximum absolute atomic E-state index is 2.67. The van der Waals surface area contributed by atoms with Crippen molar-refractivity contribution in [2.45, 2.75) is 122 Å². The Kier molecular flexibility index (Phi) is 6.15. The van der Waals surface area contributed by atoms with Crippen molar-refractivity contribution in [1.29, 1.82) is 0 Å². The van der Waals surface area contributed by atoms with E-state index in [9.17, 15) is 0 Å². The maximum Gasteiger partial charge on any atom is 0.0771 e. The topological polar surface area (TPSA) is 0 Å². The number of rotatable bonds is 3. The van der Waals surface area contributed by atoms with E-state index in [0.29, 0.717) is 0 Å². The Hall–Kier alpha value is -1.86. The van der Waals surface area contributed by atoms with Gasteiger partial charge in [-0.1, -0.05) is 134 Å². The molecule has 0 saturated heterocycles. The Balaban J connectivity index is 1.74. The third kappa shape index (κ3) is 4.40. The molecule has 1 heteroatoms. The zero-order chi connectivity index (χ0) is 26.1. The van der Waals surface area contributed by atoms with Gasteiger partial charge in [-0.3, -0.25) is 0 Å². The molecule has 0 nitrogen and oxygen atoms in total. The zero-order valence-corrected chi connectivity index (χ0v) is 25.5. The fourth-order valence-electron chi connectivity index (χ4n) is 6.90. The van der Waals surface area contributed by atoms with Crippen molar-refractivity contribution in [3.63, 3.8) is 0 Å². The summed E-state index contributed by atoms with van der Waals surface area (Å²) in [6.45, 7) is 21.7. The van der Waals surface area contributed by atoms with E-state index in [1.54, 1.807) is 21.9 Å². The molecule has 1 fully saturated rings. The molecule has 0 heterocycles. The predicted octanol–water partition coefficient (Wildman–Crippen LogP) is 10.2. The Morgan fingerprint density at radius 3 is 1.97 bits per heavy atom. The van der Waals surface area contributed by atoms with Crippen LogP contribution in [0.2, 0.25) is 19.6 Å². The summed E-state index contributed by atoms with van der Waals surface area (Å²) in [4.78, 5) is 0. The van der Waals surface area contributed by atoms with E-state index in [1.165, 1.54) is 59.9 Å². The van der Waals surface area contributed by atoms with E-state index in [2.05, 4.69) is 104 Å². The molecule has 1 saturated carbocycles. The minimum absolute atomic E-state index is 0.135. The minimum Gasteiger partial charge on any atom is -0.0812 e. The molecule has 0 amide bonds. The van der Waals surface area contributed by atoms with Crippen molar-refractivity contribution < 1.29 is 0 Å². The van der Waals surface area contributed by atoms with Crippen LogP contribution in [0, 0.1) is 0 Å². The molecule has 0 spiro atoms. The van der Waals surface area contributed by atoms with Gasteiger partial charge in [-0.25, -0.2) is 0 Å². The van der Waals surface area contributed by atoms with Gasteiger partial charge in [-0.2, -0.15) is 0 Å². The van der Waals surface area contributed by atoms with Crippen LogP contribution in [0.25, 0.3) is 11.1 Å². The molecule has 5 rings (SSSR count). The second kappa shape index (κ2) is 8.59. The summed E-state index contributed by atoms with van der Waals surface area (Å²) in [7, 11) is -1.32. The Morgan fingerprint density at radius 1 is 0.750 bits per heavy atom. The fraction of sp³-hybridized carbons (Fsp3) is 0.543. The van der Waals surface area contributed by atoms with Gasteiger partial charge in [-0.15, -0.1) is 0 Å². The third-order valence-electron chi connectivity index (χ3n) is 9.32. The molecule has 0 atom stereocenters. The lowest BCUT2D eigenvalue weighted by Crippen LogP contribution is -2.33. The van der Waals surface area contributed by atoms with Crippen LogP contribution in [0.1, 0.15) is 108 Å². The molecule has 3 aliphatic rings. The van der Waals surface area contributed by atoms with E-state index < -0.39 is 8.07 Å². The monoisotopic (exact) mass is 496 g/mol. The van der Waals surface area contributed by atoms with Crippen molar-refractivity contribution in [2.24, 2.45) is 0 Å². The van der Waals surface area contributed by atoms with Crippen LogP contribution >= 0.6 is 0 Å². The summed E-state index contributed by atoms with van der Waals surface area (Å²) in [6.07, 6.45) is 14.3. The molecular weight excluding hydrogens is 448 g/mol. The summed E-state index contributed by atoms with van der Waals surface area (Å²) < 4.78 is 0. The Labute approximate surface area is 222 Å². The molecule has 0 radical (unpaired) electrons. The van der Waals surface area contributed by atoms with Crippen LogP contribution in [-0.2, 0) is 22.7 Å². The van der Waals surface area contributed by atoms with Gasteiger partial charge >= 0.3 is 0 Å². The highest BCUT2D eigenvalue weighted by atomic mass is 28.3. The molecule has 3 aliphatic carbocycles. The standard InChI is InChI=1S/C35H48Si/c1-33(2,3)25-14-13-24-19-31-30(29(24)21-25)22-27(34(4,5)6)23-32(31)35(17-11-10-12-18-35)26-15-16-28(20-26)36(7,8)9/h13-14,16,20-23H,10-12,15,17-19H2,1-9H3. The molecule has 0 aliphatic heterocycles. The van der Waals surface area contributed by atoms with Gasteiger partial charge in [0.1, 0.15) is 0 Å². The smallest absolute Gasteiger partial charge is 0.0771 e. The molecule has 0 unspecified atom stereocenters. The second-order valence-electron chi connectivity index (χ2n) is 15.0. The third-order valence-corrected chi connectivity index (χ3v) is 11.4. The number of hydrogen-bond acceptors (Lipinski definition) is 0. The summed E-state index contributed by atoms with van der Waals surface area (Å²) in [5.74, 6) is 0. The van der Waals surface area contributed by atoms with E-state index in [1.807, 2.05) is 0 Å². The van der Waals surface area contributed by atoms with Gasteiger partial charge in [0.05, 0.1) is 8.07 Å². The van der Waals surface area contributed by atoms with Gasteiger partial charge < -0.3 is 0 Å². The second-order valence-corrected chi connectivity index (χ2v) is 20.1. The molecule has 2 aromatic rings. The normalized spacial score (nSPS) is 19.6. The number of benzene rings is 2. The molecule has 2 aromatic carbocycles. The van der Waals surface area contributed by atoms with Crippen molar-refractivity contribution in [2.75, 3.05) is 0 Å². The molecule has 192 valence electrons. The average Bonchev–Trinajstić information content (AvgIpc) is 3.43. The van der Waals surface area contributed by atoms with Crippen LogP contribution in [0.5, 0.6) is 0 Å². The van der Waals surface area contributed by atoms with Crippen molar-refractivity contribution in [1.82, 2.24) is 0 Å². The lowest BCUT2D eigenvalue weighted by Gasteiger charge is -2.42. The first kappa shape index (κ1) is 25.8. The maximum atomic E-state index is 2.67. The molecule has 0 N–H and O–H groups in total. The first-order valence-electron chi connectivity index (χ1n) is 14.4.